The lowest BCUT2D eigenvalue weighted by atomic mass is 9.93. The molecule has 3 N–H and O–H groups in total. The van der Waals surface area contributed by atoms with Crippen LogP contribution >= 0.6 is 0 Å². The van der Waals surface area contributed by atoms with E-state index in [-0.39, 0.29) is 22.9 Å². The van der Waals surface area contributed by atoms with Gasteiger partial charge in [-0.15, -0.1) is 13.2 Å². The Kier molecular flexibility index (Phi) is 4.79. The van der Waals surface area contributed by atoms with Crippen molar-refractivity contribution in [3.05, 3.63) is 59.4 Å². The molecule has 0 unspecified atom stereocenters. The Morgan fingerprint density at radius 2 is 1.80 bits per heavy atom. The minimum Gasteiger partial charge on any atom is -0.406 e. The Balaban J connectivity index is 1.44. The Morgan fingerprint density at radius 3 is 2.43 bits per heavy atom. The molecule has 2 aromatic rings. The monoisotopic (exact) mass is 422 g/mol. The van der Waals surface area contributed by atoms with Crippen molar-refractivity contribution < 1.29 is 27.1 Å². The van der Waals surface area contributed by atoms with Crippen LogP contribution in [0.1, 0.15) is 28.8 Å². The predicted octanol–water partition coefficient (Wildman–Crippen LogP) is 3.49. The molecular formula is C20H18F4N4O2. The number of amides is 1. The van der Waals surface area contributed by atoms with Crippen molar-refractivity contribution in [2.45, 2.75) is 24.9 Å². The van der Waals surface area contributed by atoms with E-state index < -0.39 is 23.6 Å². The van der Waals surface area contributed by atoms with Crippen molar-refractivity contribution in [2.75, 3.05) is 18.4 Å². The zero-order chi connectivity index (χ0) is 21.5. The first kappa shape index (κ1) is 20.0. The Morgan fingerprint density at radius 1 is 1.13 bits per heavy atom. The zero-order valence-electron chi connectivity index (χ0n) is 15.7. The number of rotatable bonds is 2. The van der Waals surface area contributed by atoms with Crippen LogP contribution in [0, 0.1) is 5.82 Å². The van der Waals surface area contributed by atoms with E-state index in [2.05, 4.69) is 15.0 Å². The molecule has 0 atom stereocenters. The molecule has 30 heavy (non-hydrogen) atoms. The number of nitrogens with two attached hydrogens (primary N) is 1. The number of piperidine rings is 1. The van der Waals surface area contributed by atoms with Crippen LogP contribution in [-0.2, 0) is 0 Å². The number of nitrogens with zero attached hydrogens (tertiary/aromatic N) is 2. The summed E-state index contributed by atoms with van der Waals surface area (Å²) in [5, 5.41) is 3.24. The van der Waals surface area contributed by atoms with Gasteiger partial charge in [-0.1, -0.05) is 6.07 Å². The minimum atomic E-state index is -4.79. The quantitative estimate of drug-likeness (QED) is 0.727. The first-order valence-electron chi connectivity index (χ1n) is 9.23. The van der Waals surface area contributed by atoms with Crippen molar-refractivity contribution in [3.8, 4) is 5.75 Å². The molecule has 1 amide bonds. The van der Waals surface area contributed by atoms with Gasteiger partial charge in [0.25, 0.3) is 5.91 Å². The number of likely N-dealkylation sites (tertiary alicyclic amines) is 1. The highest BCUT2D eigenvalue weighted by atomic mass is 19.4. The molecule has 0 bridgehead atoms. The molecule has 2 heterocycles. The minimum absolute atomic E-state index is 0.113. The summed E-state index contributed by atoms with van der Waals surface area (Å²) < 4.78 is 54.6. The number of alkyl halides is 3. The summed E-state index contributed by atoms with van der Waals surface area (Å²) in [6, 6.07) is 9.41. The molecule has 158 valence electrons. The first-order chi connectivity index (χ1) is 14.2. The van der Waals surface area contributed by atoms with Crippen molar-refractivity contribution in [3.63, 3.8) is 0 Å². The highest BCUT2D eigenvalue weighted by Gasteiger charge is 2.39. The normalized spacial score (nSPS) is 17.7. The van der Waals surface area contributed by atoms with Crippen LogP contribution in [0.4, 0.5) is 23.2 Å². The number of benzene rings is 2. The number of anilines is 1. The molecule has 1 saturated heterocycles. The van der Waals surface area contributed by atoms with E-state index in [1.54, 1.807) is 17.0 Å². The predicted molar refractivity (Wildman–Crippen MR) is 102 cm³/mol. The highest BCUT2D eigenvalue weighted by Crippen LogP contribution is 2.35. The molecule has 2 aromatic carbocycles. The fourth-order valence-electron chi connectivity index (χ4n) is 3.75. The van der Waals surface area contributed by atoms with Crippen LogP contribution in [0.2, 0.25) is 0 Å². The van der Waals surface area contributed by atoms with Gasteiger partial charge in [0.05, 0.1) is 5.56 Å². The smallest absolute Gasteiger partial charge is 0.406 e. The Labute approximate surface area is 169 Å². The number of halogens is 4. The summed E-state index contributed by atoms with van der Waals surface area (Å²) in [4.78, 5) is 18.8. The topological polar surface area (TPSA) is 80.0 Å². The standard InChI is InChI=1S/C20H18F4N4O2/c21-14-2-1-3-15-16(14)17(25)27-19(26-15)8-10-28(11-9-19)18(29)12-4-6-13(7-5-12)30-20(22,23)24/h1-7,26H,8-11H2,(H2,25,27). The molecule has 4 rings (SSSR count). The summed E-state index contributed by atoms with van der Waals surface area (Å²) in [7, 11) is 0. The Bertz CT molecular complexity index is 997. The van der Waals surface area contributed by atoms with E-state index in [4.69, 9.17) is 5.73 Å². The van der Waals surface area contributed by atoms with Crippen LogP contribution in [-0.4, -0.2) is 41.8 Å². The van der Waals surface area contributed by atoms with Gasteiger partial charge < -0.3 is 20.7 Å². The van der Waals surface area contributed by atoms with Gasteiger partial charge in [0, 0.05) is 37.2 Å². The fraction of sp³-hybridized carbons (Fsp3) is 0.300. The van der Waals surface area contributed by atoms with E-state index in [0.29, 0.717) is 31.6 Å². The van der Waals surface area contributed by atoms with Crippen molar-refractivity contribution in [1.82, 2.24) is 4.90 Å². The number of ether oxygens (including phenoxy) is 1. The molecule has 0 saturated carbocycles. The van der Waals surface area contributed by atoms with Crippen LogP contribution < -0.4 is 15.8 Å². The molecule has 6 nitrogen and oxygen atoms in total. The van der Waals surface area contributed by atoms with Crippen molar-refractivity contribution in [2.24, 2.45) is 10.7 Å². The van der Waals surface area contributed by atoms with E-state index in [9.17, 15) is 22.4 Å². The molecule has 0 aliphatic carbocycles. The van der Waals surface area contributed by atoms with Gasteiger partial charge in [-0.05, 0) is 36.4 Å². The highest BCUT2D eigenvalue weighted by molar-refractivity contribution is 6.04. The maximum absolute atomic E-state index is 14.0. The number of carbonyl (C=O) groups excluding carboxylic acids is 1. The van der Waals surface area contributed by atoms with Gasteiger partial charge in [-0.3, -0.25) is 4.79 Å². The summed E-state index contributed by atoms with van der Waals surface area (Å²) in [5.41, 5.74) is 6.32. The van der Waals surface area contributed by atoms with Crippen molar-refractivity contribution in [1.29, 1.82) is 0 Å². The van der Waals surface area contributed by atoms with Gasteiger partial charge in [0.1, 0.15) is 23.1 Å². The largest absolute Gasteiger partial charge is 0.573 e. The van der Waals surface area contributed by atoms with Gasteiger partial charge >= 0.3 is 6.36 Å². The zero-order valence-corrected chi connectivity index (χ0v) is 15.7. The van der Waals surface area contributed by atoms with E-state index in [0.717, 1.165) is 12.1 Å². The van der Waals surface area contributed by atoms with E-state index in [1.807, 2.05) is 0 Å². The van der Waals surface area contributed by atoms with Gasteiger partial charge in [-0.25, -0.2) is 9.38 Å². The van der Waals surface area contributed by atoms with Crippen LogP contribution in [0.3, 0.4) is 0 Å². The average molecular weight is 422 g/mol. The second-order valence-corrected chi connectivity index (χ2v) is 7.18. The lowest BCUT2D eigenvalue weighted by Crippen LogP contribution is -2.52. The maximum atomic E-state index is 14.0. The van der Waals surface area contributed by atoms with Gasteiger partial charge in [-0.2, -0.15) is 0 Å². The molecule has 1 spiro atoms. The third-order valence-corrected chi connectivity index (χ3v) is 5.18. The fourth-order valence-corrected chi connectivity index (χ4v) is 3.75. The first-order valence-corrected chi connectivity index (χ1v) is 9.23. The summed E-state index contributed by atoms with van der Waals surface area (Å²) in [6.07, 6.45) is -3.89. The van der Waals surface area contributed by atoms with Gasteiger partial charge in [0.15, 0.2) is 0 Å². The molecule has 2 aliphatic rings. The molecule has 0 aromatic heterocycles. The molecule has 0 radical (unpaired) electrons. The van der Waals surface area contributed by atoms with Crippen LogP contribution in [0.5, 0.6) is 5.75 Å². The molecule has 10 heteroatoms. The number of hydrogen-bond acceptors (Lipinski definition) is 5. The summed E-state index contributed by atoms with van der Waals surface area (Å²) >= 11 is 0. The third-order valence-electron chi connectivity index (χ3n) is 5.18. The number of amidine groups is 1. The average Bonchev–Trinajstić information content (AvgIpc) is 2.67. The number of nitrogens with one attached hydrogen (secondary N) is 1. The summed E-state index contributed by atoms with van der Waals surface area (Å²) in [6.45, 7) is 0.710. The second kappa shape index (κ2) is 7.19. The SMILES string of the molecule is NC1=NC2(CCN(C(=O)c3ccc(OC(F)(F)F)cc3)CC2)Nc2cccc(F)c21. The maximum Gasteiger partial charge on any atom is 0.573 e. The van der Waals surface area contributed by atoms with Crippen LogP contribution in [0.15, 0.2) is 47.5 Å². The number of carbonyl (C=O) groups is 1. The molecule has 1 fully saturated rings. The van der Waals surface area contributed by atoms with Crippen LogP contribution in [0.25, 0.3) is 0 Å². The lowest BCUT2D eigenvalue weighted by molar-refractivity contribution is -0.274. The Hall–Kier alpha value is -3.30. The van der Waals surface area contributed by atoms with E-state index >= 15 is 0 Å². The third kappa shape index (κ3) is 3.89. The number of aliphatic imine (C=N–C) groups is 1. The number of fused-ring (bicyclic) bond motifs is 1. The van der Waals surface area contributed by atoms with Gasteiger partial charge in [0.2, 0.25) is 0 Å². The molecular weight excluding hydrogens is 404 g/mol. The summed E-state index contributed by atoms with van der Waals surface area (Å²) in [5.74, 6) is -1.04. The van der Waals surface area contributed by atoms with Crippen molar-refractivity contribution >= 4 is 17.4 Å². The molecule has 2 aliphatic heterocycles. The second-order valence-electron chi connectivity index (χ2n) is 7.18. The lowest BCUT2D eigenvalue weighted by Gasteiger charge is -2.42. The van der Waals surface area contributed by atoms with E-state index in [1.165, 1.54) is 18.2 Å². The number of hydrogen-bond donors (Lipinski definition) is 2.